The number of hydrogen-bond acceptors (Lipinski definition) is 3. The first kappa shape index (κ1) is 18.9. The van der Waals surface area contributed by atoms with E-state index in [0.717, 1.165) is 28.1 Å². The average Bonchev–Trinajstić information content (AvgIpc) is 3.21. The Morgan fingerprint density at radius 3 is 2.52 bits per heavy atom. The lowest BCUT2D eigenvalue weighted by molar-refractivity contribution is 0.173. The lowest BCUT2D eigenvalue weighted by Crippen LogP contribution is -2.36. The maximum Gasteiger partial charge on any atom is 0.322 e. The van der Waals surface area contributed by atoms with Gasteiger partial charge in [-0.3, -0.25) is 0 Å². The quantitative estimate of drug-likeness (QED) is 0.626. The lowest BCUT2D eigenvalue weighted by Gasteiger charge is -2.30. The van der Waals surface area contributed by atoms with Gasteiger partial charge in [-0.2, -0.15) is 0 Å². The van der Waals surface area contributed by atoms with Crippen LogP contribution in [0.25, 0.3) is 0 Å². The molecule has 29 heavy (non-hydrogen) atoms. The highest BCUT2D eigenvalue weighted by molar-refractivity contribution is 5.90. The van der Waals surface area contributed by atoms with Crippen molar-refractivity contribution in [2.75, 3.05) is 12.1 Å². The molecule has 1 aliphatic rings. The van der Waals surface area contributed by atoms with Crippen molar-refractivity contribution in [3.05, 3.63) is 89.5 Å². The molecule has 3 aromatic carbocycles. The number of hydrogen-bond donors (Lipinski definition) is 1. The van der Waals surface area contributed by atoms with E-state index in [0.29, 0.717) is 12.3 Å². The monoisotopic (exact) mass is 388 g/mol. The molecule has 5 heteroatoms. The number of urea groups is 1. The molecule has 0 fully saturated rings. The average molecular weight is 388 g/mol. The molecule has 0 radical (unpaired) electrons. The van der Waals surface area contributed by atoms with Crippen molar-refractivity contribution in [3.8, 4) is 11.5 Å². The van der Waals surface area contributed by atoms with Crippen LogP contribution in [0.5, 0.6) is 11.5 Å². The summed E-state index contributed by atoms with van der Waals surface area (Å²) < 4.78 is 10.9. The second-order valence-electron chi connectivity index (χ2n) is 7.15. The van der Waals surface area contributed by atoms with E-state index in [4.69, 9.17) is 9.47 Å². The van der Waals surface area contributed by atoms with Crippen LogP contribution in [0.15, 0.2) is 72.8 Å². The first-order valence-corrected chi connectivity index (χ1v) is 9.68. The molecule has 1 unspecified atom stereocenters. The number of rotatable bonds is 5. The number of carbonyl (C=O) groups excluding carboxylic acids is 1. The summed E-state index contributed by atoms with van der Waals surface area (Å²) in [6.45, 7) is 4.71. The molecule has 2 amide bonds. The van der Waals surface area contributed by atoms with E-state index in [9.17, 15) is 4.79 Å². The Morgan fingerprint density at radius 1 is 1.00 bits per heavy atom. The highest BCUT2D eigenvalue weighted by atomic mass is 16.7. The van der Waals surface area contributed by atoms with Gasteiger partial charge in [0.25, 0.3) is 0 Å². The Kier molecular flexibility index (Phi) is 5.38. The minimum atomic E-state index is -0.145. The fourth-order valence-electron chi connectivity index (χ4n) is 3.43. The Morgan fingerprint density at radius 2 is 1.72 bits per heavy atom. The second-order valence-corrected chi connectivity index (χ2v) is 7.15. The van der Waals surface area contributed by atoms with Crippen LogP contribution < -0.4 is 14.8 Å². The van der Waals surface area contributed by atoms with Crippen LogP contribution in [0.2, 0.25) is 0 Å². The van der Waals surface area contributed by atoms with Crippen LogP contribution in [0.1, 0.15) is 29.7 Å². The van der Waals surface area contributed by atoms with Crippen LogP contribution in [-0.4, -0.2) is 17.7 Å². The summed E-state index contributed by atoms with van der Waals surface area (Å²) in [5.74, 6) is 1.45. The molecule has 1 heterocycles. The van der Waals surface area contributed by atoms with Crippen LogP contribution in [0.4, 0.5) is 10.5 Å². The minimum absolute atomic E-state index is 0.106. The Balaban J connectivity index is 1.61. The zero-order valence-electron chi connectivity index (χ0n) is 16.6. The van der Waals surface area contributed by atoms with Crippen molar-refractivity contribution < 1.29 is 14.3 Å². The normalized spacial score (nSPS) is 13.0. The summed E-state index contributed by atoms with van der Waals surface area (Å²) in [6.07, 6.45) is 0. The third-order valence-electron chi connectivity index (χ3n) is 5.19. The van der Waals surface area contributed by atoms with Gasteiger partial charge >= 0.3 is 6.03 Å². The van der Waals surface area contributed by atoms with Crippen LogP contribution in [-0.2, 0) is 6.54 Å². The molecule has 0 aliphatic carbocycles. The molecule has 0 saturated heterocycles. The first-order valence-electron chi connectivity index (χ1n) is 9.68. The van der Waals surface area contributed by atoms with Gasteiger partial charge in [-0.1, -0.05) is 54.6 Å². The Bertz CT molecular complexity index is 1000. The minimum Gasteiger partial charge on any atom is -0.454 e. The van der Waals surface area contributed by atoms with E-state index in [1.54, 1.807) is 0 Å². The topological polar surface area (TPSA) is 50.8 Å². The standard InChI is InChI=1S/C24H24N2O3/c1-17-8-6-7-11-21(17)25-24(27)26(18(2)20-9-4-3-5-10-20)15-19-12-13-22-23(14-19)29-16-28-22/h3-14,18H,15-16H2,1-2H3,(H,25,27). The molecular formula is C24H24N2O3. The van der Waals surface area contributed by atoms with Gasteiger partial charge in [0.15, 0.2) is 11.5 Å². The number of fused-ring (bicyclic) bond motifs is 1. The highest BCUT2D eigenvalue weighted by Gasteiger charge is 2.23. The molecule has 1 atom stereocenters. The molecule has 1 aliphatic heterocycles. The summed E-state index contributed by atoms with van der Waals surface area (Å²) in [5, 5.41) is 3.06. The van der Waals surface area contributed by atoms with Crippen molar-refractivity contribution >= 4 is 11.7 Å². The van der Waals surface area contributed by atoms with Gasteiger partial charge in [-0.25, -0.2) is 4.79 Å². The van der Waals surface area contributed by atoms with Gasteiger partial charge < -0.3 is 19.7 Å². The number of ether oxygens (including phenoxy) is 2. The summed E-state index contributed by atoms with van der Waals surface area (Å²) in [5.41, 5.74) is 3.90. The molecule has 0 aromatic heterocycles. The van der Waals surface area contributed by atoms with E-state index >= 15 is 0 Å². The molecule has 5 nitrogen and oxygen atoms in total. The maximum atomic E-state index is 13.3. The van der Waals surface area contributed by atoms with Gasteiger partial charge in [0.2, 0.25) is 6.79 Å². The van der Waals surface area contributed by atoms with E-state index in [-0.39, 0.29) is 18.9 Å². The van der Waals surface area contributed by atoms with Gasteiger partial charge in [-0.05, 0) is 48.7 Å². The second kappa shape index (κ2) is 8.27. The third-order valence-corrected chi connectivity index (χ3v) is 5.19. The zero-order chi connectivity index (χ0) is 20.2. The Labute approximate surface area is 170 Å². The summed E-state index contributed by atoms with van der Waals surface area (Å²) in [6, 6.07) is 23.4. The largest absolute Gasteiger partial charge is 0.454 e. The Hall–Kier alpha value is -3.47. The smallest absolute Gasteiger partial charge is 0.322 e. The number of para-hydroxylation sites is 1. The van der Waals surface area contributed by atoms with E-state index < -0.39 is 0 Å². The summed E-state index contributed by atoms with van der Waals surface area (Å²) >= 11 is 0. The SMILES string of the molecule is Cc1ccccc1NC(=O)N(Cc1ccc2c(c1)OCO2)C(C)c1ccccc1. The lowest BCUT2D eigenvalue weighted by atomic mass is 10.1. The van der Waals surface area contributed by atoms with Crippen LogP contribution >= 0.6 is 0 Å². The molecular weight excluding hydrogens is 364 g/mol. The molecule has 0 bridgehead atoms. The van der Waals surface area contributed by atoms with Crippen LogP contribution in [0, 0.1) is 6.92 Å². The number of nitrogens with zero attached hydrogens (tertiary/aromatic N) is 1. The summed E-state index contributed by atoms with van der Waals surface area (Å²) in [4.78, 5) is 15.1. The predicted molar refractivity (Wildman–Crippen MR) is 113 cm³/mol. The predicted octanol–water partition coefficient (Wildman–Crippen LogP) is 5.52. The first-order chi connectivity index (χ1) is 14.1. The van der Waals surface area contributed by atoms with Crippen molar-refractivity contribution in [3.63, 3.8) is 0 Å². The summed E-state index contributed by atoms with van der Waals surface area (Å²) in [7, 11) is 0. The molecule has 1 N–H and O–H groups in total. The van der Waals surface area contributed by atoms with Gasteiger partial charge in [0.05, 0.1) is 6.04 Å². The molecule has 4 rings (SSSR count). The van der Waals surface area contributed by atoms with Crippen molar-refractivity contribution in [1.82, 2.24) is 4.90 Å². The van der Waals surface area contributed by atoms with Crippen LogP contribution in [0.3, 0.4) is 0 Å². The number of nitrogens with one attached hydrogen (secondary N) is 1. The number of amides is 2. The van der Waals surface area contributed by atoms with Gasteiger partial charge in [0, 0.05) is 12.2 Å². The fourth-order valence-corrected chi connectivity index (χ4v) is 3.43. The molecule has 148 valence electrons. The van der Waals surface area contributed by atoms with Crippen molar-refractivity contribution in [1.29, 1.82) is 0 Å². The van der Waals surface area contributed by atoms with Crippen molar-refractivity contribution in [2.24, 2.45) is 0 Å². The number of aryl methyl sites for hydroxylation is 1. The maximum absolute atomic E-state index is 13.3. The number of carbonyl (C=O) groups is 1. The van der Waals surface area contributed by atoms with E-state index in [2.05, 4.69) is 5.32 Å². The van der Waals surface area contributed by atoms with Crippen molar-refractivity contribution in [2.45, 2.75) is 26.4 Å². The third kappa shape index (κ3) is 4.19. The van der Waals surface area contributed by atoms with E-state index in [1.807, 2.05) is 91.5 Å². The molecule has 3 aromatic rings. The molecule has 0 saturated carbocycles. The fraction of sp³-hybridized carbons (Fsp3) is 0.208. The highest BCUT2D eigenvalue weighted by Crippen LogP contribution is 2.34. The van der Waals surface area contributed by atoms with E-state index in [1.165, 1.54) is 0 Å². The number of benzene rings is 3. The van der Waals surface area contributed by atoms with Gasteiger partial charge in [0.1, 0.15) is 0 Å². The van der Waals surface area contributed by atoms with Gasteiger partial charge in [-0.15, -0.1) is 0 Å². The number of anilines is 1. The molecule has 0 spiro atoms. The zero-order valence-corrected chi connectivity index (χ0v) is 16.6.